The van der Waals surface area contributed by atoms with E-state index in [0.717, 1.165) is 49.0 Å². The topological polar surface area (TPSA) is 92.6 Å². The third-order valence-corrected chi connectivity index (χ3v) is 6.73. The van der Waals surface area contributed by atoms with Crippen molar-refractivity contribution in [2.75, 3.05) is 33.7 Å². The quantitative estimate of drug-likeness (QED) is 0.494. The Labute approximate surface area is 212 Å². The fourth-order valence-electron chi connectivity index (χ4n) is 4.44. The predicted octanol–water partition coefficient (Wildman–Crippen LogP) is 3.11. The summed E-state index contributed by atoms with van der Waals surface area (Å²) in [6.07, 6.45) is 6.58. The SMILES string of the molecule is CCC(CCN(C)C)NC(=O)c1ccc(C(=O)N2CCC(Oc3ccc4c(c3)ncn4C)CC2)nc1. The zero-order valence-electron chi connectivity index (χ0n) is 21.6. The summed E-state index contributed by atoms with van der Waals surface area (Å²) in [6.45, 7) is 4.17. The van der Waals surface area contributed by atoms with Crippen LogP contribution in [0.4, 0.5) is 0 Å². The van der Waals surface area contributed by atoms with Crippen molar-refractivity contribution in [2.24, 2.45) is 7.05 Å². The van der Waals surface area contributed by atoms with Gasteiger partial charge in [0.25, 0.3) is 11.8 Å². The number of aromatic nitrogens is 3. The largest absolute Gasteiger partial charge is 0.490 e. The van der Waals surface area contributed by atoms with Gasteiger partial charge in [-0.1, -0.05) is 6.92 Å². The monoisotopic (exact) mass is 492 g/mol. The van der Waals surface area contributed by atoms with Crippen molar-refractivity contribution >= 4 is 22.8 Å². The molecule has 0 saturated carbocycles. The van der Waals surface area contributed by atoms with E-state index < -0.39 is 0 Å². The molecular weight excluding hydrogens is 456 g/mol. The molecule has 1 aliphatic rings. The lowest BCUT2D eigenvalue weighted by Gasteiger charge is -2.32. The van der Waals surface area contributed by atoms with Crippen LogP contribution in [0.15, 0.2) is 42.9 Å². The summed E-state index contributed by atoms with van der Waals surface area (Å²) in [6, 6.07) is 9.36. The van der Waals surface area contributed by atoms with Gasteiger partial charge < -0.3 is 24.4 Å². The number of hydrogen-bond acceptors (Lipinski definition) is 6. The number of rotatable bonds is 9. The molecule has 2 amide bonds. The van der Waals surface area contributed by atoms with Gasteiger partial charge >= 0.3 is 0 Å². The number of fused-ring (bicyclic) bond motifs is 1. The average molecular weight is 493 g/mol. The molecule has 1 aromatic carbocycles. The van der Waals surface area contributed by atoms with Gasteiger partial charge in [0.2, 0.25) is 0 Å². The Morgan fingerprint density at radius 2 is 1.94 bits per heavy atom. The number of aryl methyl sites for hydroxylation is 1. The van der Waals surface area contributed by atoms with Crippen LogP contribution in [0.3, 0.4) is 0 Å². The molecule has 0 bridgehead atoms. The molecule has 1 fully saturated rings. The van der Waals surface area contributed by atoms with Gasteiger partial charge in [-0.25, -0.2) is 4.98 Å². The van der Waals surface area contributed by atoms with Crippen LogP contribution in [0.2, 0.25) is 0 Å². The van der Waals surface area contributed by atoms with Crippen molar-refractivity contribution in [3.8, 4) is 5.75 Å². The lowest BCUT2D eigenvalue weighted by atomic mass is 10.1. The first-order valence-corrected chi connectivity index (χ1v) is 12.6. The summed E-state index contributed by atoms with van der Waals surface area (Å²) < 4.78 is 8.15. The number of nitrogens with one attached hydrogen (secondary N) is 1. The van der Waals surface area contributed by atoms with E-state index in [-0.39, 0.29) is 24.0 Å². The number of imidazole rings is 1. The second kappa shape index (κ2) is 11.5. The van der Waals surface area contributed by atoms with Crippen LogP contribution in [0.25, 0.3) is 11.0 Å². The highest BCUT2D eigenvalue weighted by Gasteiger charge is 2.26. The van der Waals surface area contributed by atoms with Crippen LogP contribution in [-0.4, -0.2) is 82.0 Å². The van der Waals surface area contributed by atoms with Crippen molar-refractivity contribution in [1.82, 2.24) is 29.7 Å². The maximum absolute atomic E-state index is 13.0. The predicted molar refractivity (Wildman–Crippen MR) is 139 cm³/mol. The number of likely N-dealkylation sites (tertiary alicyclic amines) is 1. The van der Waals surface area contributed by atoms with Gasteiger partial charge in [-0.15, -0.1) is 0 Å². The fraction of sp³-hybridized carbons (Fsp3) is 0.481. The summed E-state index contributed by atoms with van der Waals surface area (Å²) in [4.78, 5) is 38.2. The lowest BCUT2D eigenvalue weighted by molar-refractivity contribution is 0.0590. The van der Waals surface area contributed by atoms with E-state index in [1.165, 1.54) is 6.20 Å². The Balaban J connectivity index is 1.28. The molecule has 3 heterocycles. The van der Waals surface area contributed by atoms with E-state index in [4.69, 9.17) is 4.74 Å². The van der Waals surface area contributed by atoms with Crippen LogP contribution in [-0.2, 0) is 7.05 Å². The van der Waals surface area contributed by atoms with Crippen LogP contribution in [0.5, 0.6) is 5.75 Å². The first-order chi connectivity index (χ1) is 17.3. The minimum absolute atomic E-state index is 0.0493. The summed E-state index contributed by atoms with van der Waals surface area (Å²) in [5.74, 6) is 0.523. The Hall–Kier alpha value is -3.46. The Bertz CT molecular complexity index is 1180. The number of ether oxygens (including phenoxy) is 1. The van der Waals surface area contributed by atoms with Crippen molar-refractivity contribution in [3.05, 3.63) is 54.1 Å². The maximum Gasteiger partial charge on any atom is 0.272 e. The minimum Gasteiger partial charge on any atom is -0.490 e. The van der Waals surface area contributed by atoms with Crippen molar-refractivity contribution in [2.45, 2.75) is 44.8 Å². The lowest BCUT2D eigenvalue weighted by Crippen LogP contribution is -2.42. The maximum atomic E-state index is 13.0. The third-order valence-electron chi connectivity index (χ3n) is 6.73. The molecule has 1 atom stereocenters. The highest BCUT2D eigenvalue weighted by Crippen LogP contribution is 2.23. The molecule has 1 N–H and O–H groups in total. The second-order valence-corrected chi connectivity index (χ2v) is 9.72. The molecule has 0 spiro atoms. The van der Waals surface area contributed by atoms with E-state index in [1.54, 1.807) is 23.4 Å². The van der Waals surface area contributed by atoms with E-state index >= 15 is 0 Å². The smallest absolute Gasteiger partial charge is 0.272 e. The van der Waals surface area contributed by atoms with Gasteiger partial charge in [0.1, 0.15) is 17.5 Å². The molecule has 0 aliphatic carbocycles. The number of pyridine rings is 1. The van der Waals surface area contributed by atoms with E-state index in [2.05, 4.69) is 27.1 Å². The summed E-state index contributed by atoms with van der Waals surface area (Å²) in [5, 5.41) is 3.07. The fourth-order valence-corrected chi connectivity index (χ4v) is 4.44. The molecule has 1 saturated heterocycles. The number of amides is 2. The van der Waals surface area contributed by atoms with Crippen molar-refractivity contribution < 1.29 is 14.3 Å². The van der Waals surface area contributed by atoms with Gasteiger partial charge in [0, 0.05) is 51.3 Å². The van der Waals surface area contributed by atoms with Gasteiger partial charge in [-0.3, -0.25) is 14.6 Å². The number of piperidine rings is 1. The Kier molecular flexibility index (Phi) is 8.20. The van der Waals surface area contributed by atoms with Gasteiger partial charge in [-0.05, 0) is 57.7 Å². The third kappa shape index (κ3) is 6.20. The normalized spacial score (nSPS) is 15.3. The summed E-state index contributed by atoms with van der Waals surface area (Å²) in [5.41, 5.74) is 2.79. The van der Waals surface area contributed by atoms with Gasteiger partial charge in [0.15, 0.2) is 0 Å². The van der Waals surface area contributed by atoms with Crippen molar-refractivity contribution in [1.29, 1.82) is 0 Å². The van der Waals surface area contributed by atoms with E-state index in [9.17, 15) is 9.59 Å². The number of carbonyl (C=O) groups is 2. The van der Waals surface area contributed by atoms with Crippen LogP contribution in [0.1, 0.15) is 53.5 Å². The highest BCUT2D eigenvalue weighted by molar-refractivity contribution is 5.96. The van der Waals surface area contributed by atoms with E-state index in [0.29, 0.717) is 24.3 Å². The standard InChI is InChI=1S/C27H36N6O3/c1-5-20(10-13-31(2)3)30-26(34)19-6-8-23(28-17-19)27(35)33-14-11-21(12-15-33)36-22-7-9-25-24(16-22)29-18-32(25)4/h6-9,16-18,20-21H,5,10-15H2,1-4H3,(H,30,34). The second-order valence-electron chi connectivity index (χ2n) is 9.72. The number of benzene rings is 1. The zero-order valence-corrected chi connectivity index (χ0v) is 21.6. The van der Waals surface area contributed by atoms with E-state index in [1.807, 2.05) is 43.9 Å². The molecular formula is C27H36N6O3. The molecule has 1 unspecified atom stereocenters. The summed E-state index contributed by atoms with van der Waals surface area (Å²) in [7, 11) is 6.01. The molecule has 3 aromatic rings. The van der Waals surface area contributed by atoms with Crippen LogP contribution in [0, 0.1) is 0 Å². The Morgan fingerprint density at radius 1 is 1.17 bits per heavy atom. The van der Waals surface area contributed by atoms with Crippen molar-refractivity contribution in [3.63, 3.8) is 0 Å². The molecule has 4 rings (SSSR count). The molecule has 9 heteroatoms. The number of hydrogen-bond donors (Lipinski definition) is 1. The molecule has 2 aromatic heterocycles. The van der Waals surface area contributed by atoms with Gasteiger partial charge in [-0.2, -0.15) is 0 Å². The molecule has 1 aliphatic heterocycles. The van der Waals surface area contributed by atoms with Crippen LogP contribution >= 0.6 is 0 Å². The Morgan fingerprint density at radius 3 is 2.61 bits per heavy atom. The summed E-state index contributed by atoms with van der Waals surface area (Å²) >= 11 is 0. The number of nitrogens with zero attached hydrogens (tertiary/aromatic N) is 5. The average Bonchev–Trinajstić information content (AvgIpc) is 3.26. The first-order valence-electron chi connectivity index (χ1n) is 12.6. The van der Waals surface area contributed by atoms with Crippen LogP contribution < -0.4 is 10.1 Å². The minimum atomic E-state index is -0.158. The zero-order chi connectivity index (χ0) is 25.7. The molecule has 36 heavy (non-hydrogen) atoms. The molecule has 0 radical (unpaired) electrons. The molecule has 9 nitrogen and oxygen atoms in total. The first kappa shape index (κ1) is 25.6. The molecule has 192 valence electrons. The van der Waals surface area contributed by atoms with Gasteiger partial charge in [0.05, 0.1) is 22.9 Å². The number of carbonyl (C=O) groups excluding carboxylic acids is 2. The highest BCUT2D eigenvalue weighted by atomic mass is 16.5.